The van der Waals surface area contributed by atoms with Crippen molar-refractivity contribution in [2.24, 2.45) is 10.4 Å². The highest BCUT2D eigenvalue weighted by molar-refractivity contribution is 7.85. The molecule has 0 fully saturated rings. The molecule has 0 aromatic heterocycles. The van der Waals surface area contributed by atoms with E-state index in [2.05, 4.69) is 34.7 Å². The predicted molar refractivity (Wildman–Crippen MR) is 150 cm³/mol. The summed E-state index contributed by atoms with van der Waals surface area (Å²) < 4.78 is 32.5. The Hall–Kier alpha value is -3.24. The number of carbonyl (C=O) groups excluding carboxylic acids is 1. The Kier molecular flexibility index (Phi) is 9.67. The molecule has 2 aromatic carbocycles. The van der Waals surface area contributed by atoms with Gasteiger partial charge in [0, 0.05) is 18.2 Å². The first-order valence-corrected chi connectivity index (χ1v) is 14.5. The molecule has 0 aliphatic heterocycles. The number of nitrogens with zero attached hydrogens (tertiary/aromatic N) is 1. The van der Waals surface area contributed by atoms with Crippen LogP contribution in [-0.4, -0.2) is 45.5 Å². The summed E-state index contributed by atoms with van der Waals surface area (Å²) in [5.74, 6) is 1.27. The van der Waals surface area contributed by atoms with Crippen molar-refractivity contribution >= 4 is 33.4 Å². The Balaban J connectivity index is 1.75. The van der Waals surface area contributed by atoms with E-state index >= 15 is 0 Å². The molecule has 10 heteroatoms. The molecule has 38 heavy (non-hydrogen) atoms. The molecule has 2 amide bonds. The van der Waals surface area contributed by atoms with Gasteiger partial charge < -0.3 is 15.5 Å². The third kappa shape index (κ3) is 8.95. The zero-order chi connectivity index (χ0) is 27.9. The number of amides is 2. The fraction of sp³-hybridized carbons (Fsp3) is 0.464. The summed E-state index contributed by atoms with van der Waals surface area (Å²) in [7, 11) is -3.54. The summed E-state index contributed by atoms with van der Waals surface area (Å²) >= 11 is 0. The maximum Gasteiger partial charge on any atom is 0.320 e. The van der Waals surface area contributed by atoms with Crippen molar-refractivity contribution in [2.45, 2.75) is 58.9 Å². The fourth-order valence-corrected chi connectivity index (χ4v) is 4.54. The van der Waals surface area contributed by atoms with Crippen molar-refractivity contribution in [2.75, 3.05) is 19.5 Å². The molecule has 3 rings (SSSR count). The Labute approximate surface area is 225 Å². The number of carbonyl (C=O) groups is 1. The van der Waals surface area contributed by atoms with Crippen LogP contribution in [0.4, 0.5) is 10.5 Å². The number of ether oxygens (including phenoxy) is 1. The number of amidine groups is 1. The first-order chi connectivity index (χ1) is 17.8. The molecule has 0 saturated carbocycles. The van der Waals surface area contributed by atoms with E-state index in [1.807, 2.05) is 32.9 Å². The van der Waals surface area contributed by atoms with Crippen LogP contribution in [0.2, 0.25) is 0 Å². The monoisotopic (exact) mass is 542 g/mol. The maximum absolute atomic E-state index is 13.1. The lowest BCUT2D eigenvalue weighted by Crippen LogP contribution is -2.43. The third-order valence-electron chi connectivity index (χ3n) is 6.33. The van der Waals surface area contributed by atoms with E-state index in [-0.39, 0.29) is 37.1 Å². The summed E-state index contributed by atoms with van der Waals surface area (Å²) in [6, 6.07) is 14.6. The second kappa shape index (κ2) is 12.5. The molecule has 1 aliphatic carbocycles. The Morgan fingerprint density at radius 3 is 2.47 bits per heavy atom. The molecule has 2 unspecified atom stereocenters. The molecule has 9 nitrogen and oxygen atoms in total. The van der Waals surface area contributed by atoms with Crippen molar-refractivity contribution < 1.29 is 22.1 Å². The second-order valence-corrected chi connectivity index (χ2v) is 12.2. The average molecular weight is 543 g/mol. The minimum absolute atomic E-state index is 0.0455. The lowest BCUT2D eigenvalue weighted by Gasteiger charge is -2.30. The highest BCUT2D eigenvalue weighted by Crippen LogP contribution is 2.36. The van der Waals surface area contributed by atoms with Gasteiger partial charge in [-0.1, -0.05) is 58.0 Å². The number of benzene rings is 2. The molecule has 2 aromatic rings. The summed E-state index contributed by atoms with van der Waals surface area (Å²) in [5, 5.41) is 14.5. The van der Waals surface area contributed by atoms with Gasteiger partial charge in [-0.2, -0.15) is 8.42 Å². The number of nitrogens with one attached hydrogen (secondary N) is 3. The second-order valence-electron chi connectivity index (χ2n) is 10.6. The van der Waals surface area contributed by atoms with Gasteiger partial charge in [0.1, 0.15) is 24.8 Å². The summed E-state index contributed by atoms with van der Waals surface area (Å²) in [5.41, 5.74) is 2.96. The summed E-state index contributed by atoms with van der Waals surface area (Å²) in [4.78, 5) is 17.7. The van der Waals surface area contributed by atoms with Crippen LogP contribution in [0, 0.1) is 10.8 Å². The van der Waals surface area contributed by atoms with Crippen molar-refractivity contribution in [3.63, 3.8) is 0 Å². The van der Waals surface area contributed by atoms with Gasteiger partial charge in [0.2, 0.25) is 0 Å². The van der Waals surface area contributed by atoms with Crippen LogP contribution in [0.1, 0.15) is 70.0 Å². The molecule has 0 saturated heterocycles. The molecule has 1 aliphatic rings. The minimum Gasteiger partial charge on any atom is -0.491 e. The largest absolute Gasteiger partial charge is 0.491 e. The normalized spacial score (nSPS) is 17.9. The molecule has 0 heterocycles. The van der Waals surface area contributed by atoms with Crippen LogP contribution >= 0.6 is 0 Å². The molecule has 0 spiro atoms. The summed E-state index contributed by atoms with van der Waals surface area (Å²) in [6.07, 6.45) is 2.98. The van der Waals surface area contributed by atoms with E-state index in [9.17, 15) is 13.2 Å². The first-order valence-electron chi connectivity index (χ1n) is 12.7. The SMILES string of the molecule is CC1CCC(NC(=O)NC(CC(=N)C(C)(C)C)=Nc2cccc(OCCOS(C)(=O)=O)c2)c2ccccc21. The van der Waals surface area contributed by atoms with Crippen molar-refractivity contribution in [3.8, 4) is 5.75 Å². The van der Waals surface area contributed by atoms with Crippen molar-refractivity contribution in [1.82, 2.24) is 10.6 Å². The van der Waals surface area contributed by atoms with Crippen LogP contribution in [0.5, 0.6) is 5.75 Å². The number of rotatable bonds is 9. The van der Waals surface area contributed by atoms with E-state index in [0.29, 0.717) is 28.9 Å². The average Bonchev–Trinajstić information content (AvgIpc) is 2.83. The van der Waals surface area contributed by atoms with Gasteiger partial charge in [0.25, 0.3) is 10.1 Å². The Morgan fingerprint density at radius 1 is 1.08 bits per heavy atom. The maximum atomic E-state index is 13.1. The van der Waals surface area contributed by atoms with Gasteiger partial charge in [-0.3, -0.25) is 9.50 Å². The van der Waals surface area contributed by atoms with E-state index < -0.39 is 10.1 Å². The van der Waals surface area contributed by atoms with E-state index in [0.717, 1.165) is 24.7 Å². The molecule has 3 N–H and O–H groups in total. The first kappa shape index (κ1) is 29.3. The topological polar surface area (TPSA) is 130 Å². The smallest absolute Gasteiger partial charge is 0.320 e. The van der Waals surface area contributed by atoms with Crippen molar-refractivity contribution in [3.05, 3.63) is 59.7 Å². The lowest BCUT2D eigenvalue weighted by molar-refractivity contribution is 0.222. The molecule has 2 atom stereocenters. The lowest BCUT2D eigenvalue weighted by atomic mass is 9.81. The van der Waals surface area contributed by atoms with Gasteiger partial charge in [-0.05, 0) is 47.4 Å². The number of urea groups is 1. The fourth-order valence-electron chi connectivity index (χ4n) is 4.17. The van der Waals surface area contributed by atoms with Crippen LogP contribution in [-0.2, 0) is 14.3 Å². The van der Waals surface area contributed by atoms with Gasteiger partial charge >= 0.3 is 6.03 Å². The van der Waals surface area contributed by atoms with Crippen molar-refractivity contribution in [1.29, 1.82) is 5.41 Å². The number of hydrogen-bond acceptors (Lipinski definition) is 7. The zero-order valence-corrected chi connectivity index (χ0v) is 23.5. The quantitative estimate of drug-likeness (QED) is 0.168. The minimum atomic E-state index is -3.54. The van der Waals surface area contributed by atoms with Gasteiger partial charge in [-0.15, -0.1) is 0 Å². The molecule has 0 bridgehead atoms. The predicted octanol–water partition coefficient (Wildman–Crippen LogP) is 5.47. The van der Waals surface area contributed by atoms with Gasteiger partial charge in [0.15, 0.2) is 0 Å². The van der Waals surface area contributed by atoms with E-state index in [1.54, 1.807) is 24.3 Å². The van der Waals surface area contributed by atoms with Crippen LogP contribution in [0.3, 0.4) is 0 Å². The highest BCUT2D eigenvalue weighted by atomic mass is 32.2. The molecule has 206 valence electrons. The number of hydrogen-bond donors (Lipinski definition) is 3. The van der Waals surface area contributed by atoms with Crippen LogP contribution in [0.25, 0.3) is 0 Å². The van der Waals surface area contributed by atoms with Crippen LogP contribution < -0.4 is 15.4 Å². The van der Waals surface area contributed by atoms with Crippen LogP contribution in [0.15, 0.2) is 53.5 Å². The third-order valence-corrected chi connectivity index (χ3v) is 6.93. The molecular weight excluding hydrogens is 504 g/mol. The highest BCUT2D eigenvalue weighted by Gasteiger charge is 2.26. The molecular formula is C28H38N4O5S. The summed E-state index contributed by atoms with van der Waals surface area (Å²) in [6.45, 7) is 7.98. The number of aliphatic imine (C=N–C) groups is 1. The van der Waals surface area contributed by atoms with E-state index in [1.165, 1.54) is 5.56 Å². The van der Waals surface area contributed by atoms with E-state index in [4.69, 9.17) is 14.3 Å². The zero-order valence-electron chi connectivity index (χ0n) is 22.7. The van der Waals surface area contributed by atoms with Gasteiger partial charge in [-0.25, -0.2) is 9.79 Å². The standard InChI is InChI=1S/C28H38N4O5S/c1-19-13-14-24(23-12-7-6-11-22(19)23)31-27(33)32-26(18-25(29)28(2,3)4)30-20-9-8-10-21(17-20)36-15-16-37-38(5,34)35/h6-12,17,19,24,29H,13-16,18H2,1-5H3,(H2,30,31,32,33). The molecule has 0 radical (unpaired) electrons. The Bertz CT molecular complexity index is 1280. The van der Waals surface area contributed by atoms with Gasteiger partial charge in [0.05, 0.1) is 18.0 Å². The number of fused-ring (bicyclic) bond motifs is 1. The Morgan fingerprint density at radius 2 is 1.79 bits per heavy atom.